The number of carbonyl (C=O) groups excluding carboxylic acids is 1. The van der Waals surface area contributed by atoms with E-state index < -0.39 is 5.97 Å². The lowest BCUT2D eigenvalue weighted by molar-refractivity contribution is -0.138. The zero-order chi connectivity index (χ0) is 13.0. The van der Waals surface area contributed by atoms with E-state index in [0.29, 0.717) is 6.54 Å². The predicted octanol–water partition coefficient (Wildman–Crippen LogP) is 2.04. The molecule has 0 aromatic heterocycles. The van der Waals surface area contributed by atoms with E-state index in [1.54, 1.807) is 0 Å². The standard InChI is InChI=1S/C12H23NO3/c1-11(2,3)12(4,5)8-13-9(14)6-7-10(15)16/h6-8H2,1-5H3,(H,13,14)(H,15,16). The third-order valence-electron chi connectivity index (χ3n) is 3.32. The van der Waals surface area contributed by atoms with Crippen molar-refractivity contribution in [2.75, 3.05) is 6.54 Å². The Morgan fingerprint density at radius 1 is 1.06 bits per heavy atom. The van der Waals surface area contributed by atoms with Crippen molar-refractivity contribution >= 4 is 11.9 Å². The molecule has 0 fully saturated rings. The van der Waals surface area contributed by atoms with E-state index in [0.717, 1.165) is 0 Å². The van der Waals surface area contributed by atoms with Crippen LogP contribution in [0.1, 0.15) is 47.5 Å². The topological polar surface area (TPSA) is 66.4 Å². The summed E-state index contributed by atoms with van der Waals surface area (Å²) in [5.74, 6) is -1.13. The van der Waals surface area contributed by atoms with Gasteiger partial charge in [0, 0.05) is 13.0 Å². The first-order valence-electron chi connectivity index (χ1n) is 5.55. The van der Waals surface area contributed by atoms with Crippen molar-refractivity contribution in [1.29, 1.82) is 0 Å². The Labute approximate surface area is 97.4 Å². The molecule has 1 amide bonds. The van der Waals surface area contributed by atoms with Crippen LogP contribution in [0.25, 0.3) is 0 Å². The fourth-order valence-corrected chi connectivity index (χ4v) is 0.894. The van der Waals surface area contributed by atoms with Crippen LogP contribution in [0.3, 0.4) is 0 Å². The SMILES string of the molecule is CC(C)(C)C(C)(C)CNC(=O)CCC(=O)O. The number of carbonyl (C=O) groups is 2. The number of aliphatic carboxylic acids is 1. The van der Waals surface area contributed by atoms with E-state index in [2.05, 4.69) is 39.9 Å². The molecule has 0 saturated heterocycles. The summed E-state index contributed by atoms with van der Waals surface area (Å²) in [7, 11) is 0. The van der Waals surface area contributed by atoms with Crippen molar-refractivity contribution in [1.82, 2.24) is 5.32 Å². The van der Waals surface area contributed by atoms with Gasteiger partial charge in [-0.25, -0.2) is 0 Å². The Bertz CT molecular complexity index is 264. The molecule has 4 nitrogen and oxygen atoms in total. The van der Waals surface area contributed by atoms with E-state index in [9.17, 15) is 9.59 Å². The number of carboxylic acid groups (broad SMARTS) is 1. The molecule has 0 radical (unpaired) electrons. The lowest BCUT2D eigenvalue weighted by Gasteiger charge is -2.38. The van der Waals surface area contributed by atoms with Gasteiger partial charge in [-0.3, -0.25) is 9.59 Å². The fraction of sp³-hybridized carbons (Fsp3) is 0.833. The van der Waals surface area contributed by atoms with Crippen LogP contribution in [0.15, 0.2) is 0 Å². The molecule has 0 aliphatic rings. The molecule has 0 aliphatic heterocycles. The molecule has 4 heteroatoms. The van der Waals surface area contributed by atoms with Gasteiger partial charge in [0.25, 0.3) is 0 Å². The molecule has 0 atom stereocenters. The van der Waals surface area contributed by atoms with Crippen molar-refractivity contribution < 1.29 is 14.7 Å². The summed E-state index contributed by atoms with van der Waals surface area (Å²) in [5, 5.41) is 11.2. The Balaban J connectivity index is 4.06. The third-order valence-corrected chi connectivity index (χ3v) is 3.32. The quantitative estimate of drug-likeness (QED) is 0.758. The molecule has 0 aromatic rings. The highest BCUT2D eigenvalue weighted by Gasteiger charge is 2.32. The lowest BCUT2D eigenvalue weighted by Crippen LogP contribution is -2.41. The van der Waals surface area contributed by atoms with Crippen molar-refractivity contribution in [2.24, 2.45) is 10.8 Å². The predicted molar refractivity (Wildman–Crippen MR) is 63.1 cm³/mol. The molecule has 2 N–H and O–H groups in total. The Morgan fingerprint density at radius 3 is 1.94 bits per heavy atom. The first-order chi connectivity index (χ1) is 7.06. The number of nitrogens with one attached hydrogen (secondary N) is 1. The van der Waals surface area contributed by atoms with Crippen LogP contribution in [0.4, 0.5) is 0 Å². The first-order valence-corrected chi connectivity index (χ1v) is 5.55. The van der Waals surface area contributed by atoms with Crippen LogP contribution in [0.5, 0.6) is 0 Å². The lowest BCUT2D eigenvalue weighted by atomic mass is 9.69. The van der Waals surface area contributed by atoms with Crippen LogP contribution in [0, 0.1) is 10.8 Å². The van der Waals surface area contributed by atoms with Crippen molar-refractivity contribution in [3.05, 3.63) is 0 Å². The van der Waals surface area contributed by atoms with Crippen LogP contribution in [0.2, 0.25) is 0 Å². The Morgan fingerprint density at radius 2 is 1.56 bits per heavy atom. The number of hydrogen-bond acceptors (Lipinski definition) is 2. The van der Waals surface area contributed by atoms with Crippen molar-refractivity contribution in [3.63, 3.8) is 0 Å². The van der Waals surface area contributed by atoms with E-state index in [1.165, 1.54) is 0 Å². The maximum atomic E-state index is 11.3. The van der Waals surface area contributed by atoms with Crippen LogP contribution < -0.4 is 5.32 Å². The second-order valence-electron chi connectivity index (χ2n) is 5.80. The third kappa shape index (κ3) is 5.14. The van der Waals surface area contributed by atoms with Gasteiger partial charge in [0.05, 0.1) is 6.42 Å². The molecule has 0 heterocycles. The van der Waals surface area contributed by atoms with Crippen LogP contribution >= 0.6 is 0 Å². The van der Waals surface area contributed by atoms with Gasteiger partial charge >= 0.3 is 5.97 Å². The largest absolute Gasteiger partial charge is 0.481 e. The molecule has 0 bridgehead atoms. The van der Waals surface area contributed by atoms with Crippen LogP contribution in [-0.2, 0) is 9.59 Å². The van der Waals surface area contributed by atoms with E-state index in [1.807, 2.05) is 0 Å². The minimum Gasteiger partial charge on any atom is -0.481 e. The minimum atomic E-state index is -0.940. The van der Waals surface area contributed by atoms with Gasteiger partial charge in [0.15, 0.2) is 0 Å². The van der Waals surface area contributed by atoms with Gasteiger partial charge in [-0.2, -0.15) is 0 Å². The summed E-state index contributed by atoms with van der Waals surface area (Å²) < 4.78 is 0. The maximum absolute atomic E-state index is 11.3. The van der Waals surface area contributed by atoms with Crippen LogP contribution in [-0.4, -0.2) is 23.5 Å². The first kappa shape index (κ1) is 14.9. The number of amides is 1. The molecular formula is C12H23NO3. The van der Waals surface area contributed by atoms with Gasteiger partial charge < -0.3 is 10.4 Å². The summed E-state index contributed by atoms with van der Waals surface area (Å²) in [6.45, 7) is 11.1. The van der Waals surface area contributed by atoms with E-state index in [4.69, 9.17) is 5.11 Å². The molecule has 94 valence electrons. The number of hydrogen-bond donors (Lipinski definition) is 2. The fourth-order valence-electron chi connectivity index (χ4n) is 0.894. The normalized spacial score (nSPS) is 12.3. The monoisotopic (exact) mass is 229 g/mol. The van der Waals surface area contributed by atoms with Gasteiger partial charge in [0.1, 0.15) is 0 Å². The Hall–Kier alpha value is -1.06. The highest BCUT2D eigenvalue weighted by Crippen LogP contribution is 2.36. The van der Waals surface area contributed by atoms with Gasteiger partial charge in [-0.15, -0.1) is 0 Å². The van der Waals surface area contributed by atoms with Crippen molar-refractivity contribution in [3.8, 4) is 0 Å². The summed E-state index contributed by atoms with van der Waals surface area (Å²) in [5.41, 5.74) is 0.0684. The molecular weight excluding hydrogens is 206 g/mol. The molecule has 0 spiro atoms. The number of rotatable bonds is 5. The van der Waals surface area contributed by atoms with Gasteiger partial charge in [-0.1, -0.05) is 34.6 Å². The number of carboxylic acids is 1. The second kappa shape index (κ2) is 5.32. The highest BCUT2D eigenvalue weighted by atomic mass is 16.4. The minimum absolute atomic E-state index is 0.0219. The average molecular weight is 229 g/mol. The maximum Gasteiger partial charge on any atom is 0.303 e. The van der Waals surface area contributed by atoms with E-state index >= 15 is 0 Å². The smallest absolute Gasteiger partial charge is 0.303 e. The van der Waals surface area contributed by atoms with Crippen molar-refractivity contribution in [2.45, 2.75) is 47.5 Å². The summed E-state index contributed by atoms with van der Waals surface area (Å²) >= 11 is 0. The average Bonchev–Trinajstić information content (AvgIpc) is 2.09. The summed E-state index contributed by atoms with van der Waals surface area (Å²) in [6.07, 6.45) is -0.0582. The summed E-state index contributed by atoms with van der Waals surface area (Å²) in [6, 6.07) is 0. The molecule has 16 heavy (non-hydrogen) atoms. The molecule has 0 saturated carbocycles. The van der Waals surface area contributed by atoms with Gasteiger partial charge in [-0.05, 0) is 10.8 Å². The summed E-state index contributed by atoms with van der Waals surface area (Å²) in [4.78, 5) is 21.6. The highest BCUT2D eigenvalue weighted by molar-refractivity contribution is 5.80. The zero-order valence-corrected chi connectivity index (χ0v) is 10.9. The second-order valence-corrected chi connectivity index (χ2v) is 5.80. The molecule has 0 aliphatic carbocycles. The molecule has 0 aromatic carbocycles. The zero-order valence-electron chi connectivity index (χ0n) is 10.9. The van der Waals surface area contributed by atoms with E-state index in [-0.39, 0.29) is 29.6 Å². The molecule has 0 unspecified atom stereocenters. The Kier molecular flexibility index (Phi) is 4.97. The molecule has 0 rings (SSSR count). The van der Waals surface area contributed by atoms with Gasteiger partial charge in [0.2, 0.25) is 5.91 Å².